The number of nitrogens with zero attached hydrogens (tertiary/aromatic N) is 1. The Kier molecular flexibility index (Phi) is 3.57. The van der Waals surface area contributed by atoms with Gasteiger partial charge in [0.05, 0.1) is 13.7 Å². The third-order valence-electron chi connectivity index (χ3n) is 1.96. The number of pyridine rings is 1. The third kappa shape index (κ3) is 3.43. The summed E-state index contributed by atoms with van der Waals surface area (Å²) < 4.78 is 30.9. The van der Waals surface area contributed by atoms with Crippen LogP contribution in [-0.2, 0) is 6.42 Å². The van der Waals surface area contributed by atoms with Crippen LogP contribution < -0.4 is 10.5 Å². The topological polar surface area (TPSA) is 48.1 Å². The lowest BCUT2D eigenvalue weighted by atomic mass is 10.1. The van der Waals surface area contributed by atoms with E-state index in [9.17, 15) is 8.78 Å². The van der Waals surface area contributed by atoms with Gasteiger partial charge in [-0.3, -0.25) is 0 Å². The van der Waals surface area contributed by atoms with Crippen LogP contribution in [0.5, 0.6) is 5.88 Å². The van der Waals surface area contributed by atoms with Gasteiger partial charge in [-0.25, -0.2) is 13.8 Å². The second kappa shape index (κ2) is 4.53. The van der Waals surface area contributed by atoms with Gasteiger partial charge in [-0.2, -0.15) is 0 Å². The maximum Gasteiger partial charge on any atom is 0.264 e. The van der Waals surface area contributed by atoms with Gasteiger partial charge in [0.25, 0.3) is 5.92 Å². The number of ether oxygens (including phenoxy) is 1. The molecule has 15 heavy (non-hydrogen) atoms. The number of halogens is 2. The first kappa shape index (κ1) is 11.8. The van der Waals surface area contributed by atoms with Gasteiger partial charge in [-0.1, -0.05) is 0 Å². The van der Waals surface area contributed by atoms with E-state index in [1.807, 2.05) is 0 Å². The fourth-order valence-electron chi connectivity index (χ4n) is 1.28. The average molecular weight is 216 g/mol. The summed E-state index contributed by atoms with van der Waals surface area (Å²) >= 11 is 0. The standard InChI is InChI=1S/C10H14F2N2O/c1-7-3-8(4-9(14-7)15-2)5-10(11,12)6-13/h3-4H,5-6,13H2,1-2H3. The third-order valence-corrected chi connectivity index (χ3v) is 1.96. The predicted octanol–water partition coefficient (Wildman–Crippen LogP) is 1.54. The lowest BCUT2D eigenvalue weighted by Gasteiger charge is -2.14. The van der Waals surface area contributed by atoms with Crippen LogP contribution >= 0.6 is 0 Å². The molecule has 0 aliphatic rings. The molecule has 1 aromatic heterocycles. The molecule has 0 aromatic carbocycles. The molecular weight excluding hydrogens is 202 g/mol. The Hall–Kier alpha value is -1.23. The van der Waals surface area contributed by atoms with Crippen LogP contribution in [0.2, 0.25) is 0 Å². The van der Waals surface area contributed by atoms with Gasteiger partial charge in [0.15, 0.2) is 0 Å². The van der Waals surface area contributed by atoms with E-state index in [0.29, 0.717) is 17.1 Å². The summed E-state index contributed by atoms with van der Waals surface area (Å²) in [5, 5.41) is 0. The smallest absolute Gasteiger partial charge is 0.264 e. The summed E-state index contributed by atoms with van der Waals surface area (Å²) in [5.41, 5.74) is 6.10. The Morgan fingerprint density at radius 1 is 1.47 bits per heavy atom. The summed E-state index contributed by atoms with van der Waals surface area (Å²) in [6, 6.07) is 3.10. The van der Waals surface area contributed by atoms with Crippen molar-refractivity contribution in [3.63, 3.8) is 0 Å². The van der Waals surface area contributed by atoms with Crippen molar-refractivity contribution in [2.75, 3.05) is 13.7 Å². The molecule has 5 heteroatoms. The lowest BCUT2D eigenvalue weighted by molar-refractivity contribution is 0.0114. The number of methoxy groups -OCH3 is 1. The lowest BCUT2D eigenvalue weighted by Crippen LogP contribution is -2.30. The largest absolute Gasteiger partial charge is 0.481 e. The monoisotopic (exact) mass is 216 g/mol. The zero-order valence-corrected chi connectivity index (χ0v) is 8.76. The fourth-order valence-corrected chi connectivity index (χ4v) is 1.28. The van der Waals surface area contributed by atoms with Gasteiger partial charge in [-0.15, -0.1) is 0 Å². The summed E-state index contributed by atoms with van der Waals surface area (Å²) in [6.07, 6.45) is -0.386. The summed E-state index contributed by atoms with van der Waals surface area (Å²) in [7, 11) is 1.45. The Labute approximate surface area is 87.3 Å². The van der Waals surface area contributed by atoms with Crippen molar-refractivity contribution in [2.24, 2.45) is 5.73 Å². The normalized spacial score (nSPS) is 11.5. The van der Waals surface area contributed by atoms with Crippen LogP contribution in [0.3, 0.4) is 0 Å². The minimum absolute atomic E-state index is 0.345. The number of alkyl halides is 2. The minimum atomic E-state index is -2.88. The average Bonchev–Trinajstić information content (AvgIpc) is 2.16. The molecule has 0 saturated heterocycles. The molecule has 0 aliphatic carbocycles. The van der Waals surface area contributed by atoms with E-state index in [1.165, 1.54) is 13.2 Å². The van der Waals surface area contributed by atoms with E-state index in [4.69, 9.17) is 10.5 Å². The molecule has 0 aliphatic heterocycles. The summed E-state index contributed by atoms with van der Waals surface area (Å²) in [6.45, 7) is 1.07. The molecule has 0 bridgehead atoms. The van der Waals surface area contributed by atoms with Gasteiger partial charge in [0.2, 0.25) is 5.88 Å². The van der Waals surface area contributed by atoms with Gasteiger partial charge in [0, 0.05) is 18.2 Å². The highest BCUT2D eigenvalue weighted by Gasteiger charge is 2.27. The Morgan fingerprint density at radius 2 is 2.13 bits per heavy atom. The van der Waals surface area contributed by atoms with E-state index < -0.39 is 12.5 Å². The van der Waals surface area contributed by atoms with E-state index in [2.05, 4.69) is 4.98 Å². The molecule has 1 rings (SSSR count). The zero-order valence-electron chi connectivity index (χ0n) is 8.76. The Bertz CT molecular complexity index is 342. The van der Waals surface area contributed by atoms with Crippen LogP contribution in [0.25, 0.3) is 0 Å². The molecular formula is C10H14F2N2O. The van der Waals surface area contributed by atoms with Crippen molar-refractivity contribution in [2.45, 2.75) is 19.3 Å². The van der Waals surface area contributed by atoms with Crippen molar-refractivity contribution in [3.8, 4) is 5.88 Å². The number of rotatable bonds is 4. The molecule has 3 nitrogen and oxygen atoms in total. The molecule has 0 amide bonds. The first-order valence-electron chi connectivity index (χ1n) is 4.56. The number of nitrogens with two attached hydrogens (primary N) is 1. The molecule has 0 saturated carbocycles. The van der Waals surface area contributed by atoms with Crippen molar-refractivity contribution in [3.05, 3.63) is 23.4 Å². The molecule has 0 atom stereocenters. The van der Waals surface area contributed by atoms with Crippen LogP contribution in [0.4, 0.5) is 8.78 Å². The Morgan fingerprint density at radius 3 is 2.67 bits per heavy atom. The number of aromatic nitrogens is 1. The van der Waals surface area contributed by atoms with Crippen molar-refractivity contribution >= 4 is 0 Å². The SMILES string of the molecule is COc1cc(CC(F)(F)CN)cc(C)n1. The summed E-state index contributed by atoms with van der Waals surface area (Å²) in [5.74, 6) is -2.53. The van der Waals surface area contributed by atoms with Crippen molar-refractivity contribution in [1.29, 1.82) is 0 Å². The Balaban J connectivity index is 2.90. The van der Waals surface area contributed by atoms with Crippen LogP contribution in [0, 0.1) is 6.92 Å². The fraction of sp³-hybridized carbons (Fsp3) is 0.500. The van der Waals surface area contributed by atoms with E-state index in [1.54, 1.807) is 13.0 Å². The maximum atomic E-state index is 13.0. The van der Waals surface area contributed by atoms with Gasteiger partial charge >= 0.3 is 0 Å². The van der Waals surface area contributed by atoms with Gasteiger partial charge in [0.1, 0.15) is 0 Å². The van der Waals surface area contributed by atoms with Crippen LogP contribution in [0.1, 0.15) is 11.3 Å². The molecule has 84 valence electrons. The number of aryl methyl sites for hydroxylation is 1. The van der Waals surface area contributed by atoms with Gasteiger partial charge < -0.3 is 10.5 Å². The molecule has 0 radical (unpaired) electrons. The maximum absolute atomic E-state index is 13.0. The van der Waals surface area contributed by atoms with Crippen LogP contribution in [-0.4, -0.2) is 24.6 Å². The molecule has 1 heterocycles. The highest BCUT2D eigenvalue weighted by atomic mass is 19.3. The first-order chi connectivity index (χ1) is 6.96. The first-order valence-corrected chi connectivity index (χ1v) is 4.56. The number of hydrogen-bond donors (Lipinski definition) is 1. The van der Waals surface area contributed by atoms with Gasteiger partial charge in [-0.05, 0) is 18.6 Å². The van der Waals surface area contributed by atoms with E-state index in [-0.39, 0.29) is 6.42 Å². The van der Waals surface area contributed by atoms with Crippen molar-refractivity contribution < 1.29 is 13.5 Å². The highest BCUT2D eigenvalue weighted by Crippen LogP contribution is 2.21. The predicted molar refractivity (Wildman–Crippen MR) is 53.2 cm³/mol. The van der Waals surface area contributed by atoms with Crippen molar-refractivity contribution in [1.82, 2.24) is 4.98 Å². The van der Waals surface area contributed by atoms with Crippen LogP contribution in [0.15, 0.2) is 12.1 Å². The molecule has 2 N–H and O–H groups in total. The second-order valence-corrected chi connectivity index (χ2v) is 3.40. The summed E-state index contributed by atoms with van der Waals surface area (Å²) in [4.78, 5) is 4.01. The van der Waals surface area contributed by atoms with E-state index >= 15 is 0 Å². The molecule has 0 unspecified atom stereocenters. The molecule has 1 aromatic rings. The molecule has 0 spiro atoms. The quantitative estimate of drug-likeness (QED) is 0.830. The molecule has 0 fully saturated rings. The second-order valence-electron chi connectivity index (χ2n) is 3.40. The number of hydrogen-bond acceptors (Lipinski definition) is 3. The minimum Gasteiger partial charge on any atom is -0.481 e. The zero-order chi connectivity index (χ0) is 11.5. The highest BCUT2D eigenvalue weighted by molar-refractivity contribution is 5.25. The van der Waals surface area contributed by atoms with E-state index in [0.717, 1.165) is 0 Å².